The number of aromatic nitrogens is 2. The maximum absolute atomic E-state index is 12.4. The zero-order valence-electron chi connectivity index (χ0n) is 12.6. The van der Waals surface area contributed by atoms with Gasteiger partial charge in [0.1, 0.15) is 4.83 Å². The molecule has 2 atom stereocenters. The summed E-state index contributed by atoms with van der Waals surface area (Å²) < 4.78 is 1.42. The van der Waals surface area contributed by atoms with Crippen LogP contribution in [0.15, 0.2) is 11.1 Å². The Morgan fingerprint density at radius 2 is 2.32 bits per heavy atom. The van der Waals surface area contributed by atoms with Gasteiger partial charge in [-0.05, 0) is 25.3 Å². The van der Waals surface area contributed by atoms with Crippen LogP contribution in [0.5, 0.6) is 0 Å². The molecule has 2 aromatic heterocycles. The molecule has 0 bridgehead atoms. The molecule has 22 heavy (non-hydrogen) atoms. The number of hydrogen-bond donors (Lipinski definition) is 2. The van der Waals surface area contributed by atoms with Crippen LogP contribution in [0.3, 0.4) is 0 Å². The molecule has 2 N–H and O–H groups in total. The lowest BCUT2D eigenvalue weighted by atomic mass is 10.1. The number of nitrogens with one attached hydrogen (secondary N) is 1. The van der Waals surface area contributed by atoms with Gasteiger partial charge in [-0.15, -0.1) is 11.3 Å². The van der Waals surface area contributed by atoms with Crippen molar-refractivity contribution in [2.24, 2.45) is 13.0 Å². The normalized spacial score (nSPS) is 21.4. The van der Waals surface area contributed by atoms with Crippen LogP contribution in [0.25, 0.3) is 10.2 Å². The number of aliphatic hydroxyl groups is 1. The Morgan fingerprint density at radius 1 is 1.55 bits per heavy atom. The van der Waals surface area contributed by atoms with E-state index in [1.54, 1.807) is 14.0 Å². The first-order chi connectivity index (χ1) is 10.5. The lowest BCUT2D eigenvalue weighted by Gasteiger charge is -2.14. The molecule has 0 aromatic carbocycles. The number of fused-ring (bicyclic) bond motifs is 1. The van der Waals surface area contributed by atoms with Crippen LogP contribution in [0.2, 0.25) is 0 Å². The maximum Gasteiger partial charge on any atom is 0.262 e. The third-order valence-corrected chi connectivity index (χ3v) is 5.56. The van der Waals surface area contributed by atoms with Crippen molar-refractivity contribution in [3.63, 3.8) is 0 Å². The second-order valence-electron chi connectivity index (χ2n) is 5.87. The molecule has 3 rings (SSSR count). The number of carbonyl (C=O) groups is 1. The summed E-state index contributed by atoms with van der Waals surface area (Å²) >= 11 is 1.24. The highest BCUT2D eigenvalue weighted by Gasteiger charge is 2.26. The van der Waals surface area contributed by atoms with Gasteiger partial charge >= 0.3 is 0 Å². The molecule has 118 valence electrons. The lowest BCUT2D eigenvalue weighted by molar-refractivity contribution is 0.0920. The number of amides is 1. The van der Waals surface area contributed by atoms with Crippen LogP contribution < -0.4 is 10.9 Å². The van der Waals surface area contributed by atoms with Crippen LogP contribution in [0.4, 0.5) is 0 Å². The first-order valence-electron chi connectivity index (χ1n) is 7.40. The average molecular weight is 321 g/mol. The lowest BCUT2D eigenvalue weighted by Crippen LogP contribution is -2.32. The van der Waals surface area contributed by atoms with E-state index in [-0.39, 0.29) is 23.5 Å². The van der Waals surface area contributed by atoms with Gasteiger partial charge in [0.05, 0.1) is 22.7 Å². The molecule has 0 aliphatic heterocycles. The van der Waals surface area contributed by atoms with E-state index in [9.17, 15) is 14.7 Å². The monoisotopic (exact) mass is 321 g/mol. The predicted molar refractivity (Wildman–Crippen MR) is 85.3 cm³/mol. The van der Waals surface area contributed by atoms with Crippen molar-refractivity contribution < 1.29 is 9.90 Å². The molecule has 2 unspecified atom stereocenters. The molecule has 6 nitrogen and oxygen atoms in total. The van der Waals surface area contributed by atoms with Crippen molar-refractivity contribution in [1.82, 2.24) is 14.9 Å². The van der Waals surface area contributed by atoms with E-state index in [1.165, 1.54) is 22.2 Å². The SMILES string of the molecule is Cc1c(C(=O)NCC2CCCC2O)sc2ncn(C)c(=O)c12. The Bertz CT molecular complexity index is 780. The molecule has 0 saturated heterocycles. The van der Waals surface area contributed by atoms with Crippen molar-refractivity contribution in [3.8, 4) is 0 Å². The Labute approximate surface area is 131 Å². The highest BCUT2D eigenvalue weighted by molar-refractivity contribution is 7.20. The zero-order chi connectivity index (χ0) is 15.9. The topological polar surface area (TPSA) is 84.2 Å². The number of rotatable bonds is 3. The highest BCUT2D eigenvalue weighted by atomic mass is 32.1. The van der Waals surface area contributed by atoms with E-state index in [2.05, 4.69) is 10.3 Å². The first kappa shape index (κ1) is 15.2. The molecule has 2 heterocycles. The highest BCUT2D eigenvalue weighted by Crippen LogP contribution is 2.27. The minimum Gasteiger partial charge on any atom is -0.393 e. The van der Waals surface area contributed by atoms with Crippen molar-refractivity contribution in [1.29, 1.82) is 0 Å². The van der Waals surface area contributed by atoms with Crippen LogP contribution >= 0.6 is 11.3 Å². The van der Waals surface area contributed by atoms with Gasteiger partial charge in [0, 0.05) is 19.5 Å². The molecule has 0 spiro atoms. The Morgan fingerprint density at radius 3 is 3.00 bits per heavy atom. The summed E-state index contributed by atoms with van der Waals surface area (Å²) in [6.45, 7) is 2.25. The quantitative estimate of drug-likeness (QED) is 0.889. The van der Waals surface area contributed by atoms with E-state index < -0.39 is 0 Å². The fraction of sp³-hybridized carbons (Fsp3) is 0.533. The fourth-order valence-electron chi connectivity index (χ4n) is 2.98. The van der Waals surface area contributed by atoms with Gasteiger partial charge in [0.25, 0.3) is 11.5 Å². The summed E-state index contributed by atoms with van der Waals surface area (Å²) in [7, 11) is 1.65. The van der Waals surface area contributed by atoms with E-state index in [1.807, 2.05) is 0 Å². The zero-order valence-corrected chi connectivity index (χ0v) is 13.4. The summed E-state index contributed by atoms with van der Waals surface area (Å²) in [5.41, 5.74) is 0.544. The minimum absolute atomic E-state index is 0.129. The van der Waals surface area contributed by atoms with E-state index in [4.69, 9.17) is 0 Å². The van der Waals surface area contributed by atoms with E-state index in [0.29, 0.717) is 27.2 Å². The number of aliphatic hydroxyl groups excluding tert-OH is 1. The maximum atomic E-state index is 12.4. The standard InChI is InChI=1S/C15H19N3O3S/c1-8-11-14(17-7-18(2)15(11)21)22-12(8)13(20)16-6-9-4-3-5-10(9)19/h7,9-10,19H,3-6H2,1-2H3,(H,16,20). The number of nitrogens with zero attached hydrogens (tertiary/aromatic N) is 2. The molecule has 1 aliphatic rings. The Balaban J connectivity index is 1.84. The number of hydrogen-bond acceptors (Lipinski definition) is 5. The smallest absolute Gasteiger partial charge is 0.262 e. The average Bonchev–Trinajstić information content (AvgIpc) is 3.05. The van der Waals surface area contributed by atoms with Gasteiger partial charge in [-0.25, -0.2) is 4.98 Å². The molecular weight excluding hydrogens is 302 g/mol. The number of aryl methyl sites for hydroxylation is 2. The first-order valence-corrected chi connectivity index (χ1v) is 8.21. The number of thiophene rings is 1. The van der Waals surface area contributed by atoms with Gasteiger partial charge < -0.3 is 15.0 Å². The van der Waals surface area contributed by atoms with Gasteiger partial charge in [-0.1, -0.05) is 6.42 Å². The third-order valence-electron chi connectivity index (χ3n) is 4.36. The van der Waals surface area contributed by atoms with Gasteiger partial charge in [0.15, 0.2) is 0 Å². The summed E-state index contributed by atoms with van der Waals surface area (Å²) in [5.74, 6) is -0.0636. The van der Waals surface area contributed by atoms with Gasteiger partial charge in [0.2, 0.25) is 0 Å². The Kier molecular flexibility index (Phi) is 4.01. The predicted octanol–water partition coefficient (Wildman–Crippen LogP) is 1.19. The second kappa shape index (κ2) is 5.81. The summed E-state index contributed by atoms with van der Waals surface area (Å²) in [4.78, 5) is 29.9. The molecule has 7 heteroatoms. The Hall–Kier alpha value is -1.73. The van der Waals surface area contributed by atoms with Crippen molar-refractivity contribution in [3.05, 3.63) is 27.1 Å². The van der Waals surface area contributed by atoms with Crippen LogP contribution in [-0.4, -0.2) is 33.2 Å². The van der Waals surface area contributed by atoms with E-state index in [0.717, 1.165) is 19.3 Å². The molecule has 0 radical (unpaired) electrons. The molecule has 1 fully saturated rings. The molecule has 2 aromatic rings. The summed E-state index contributed by atoms with van der Waals surface area (Å²) in [6, 6.07) is 0. The second-order valence-corrected chi connectivity index (χ2v) is 6.86. The molecular formula is C15H19N3O3S. The van der Waals surface area contributed by atoms with Gasteiger partial charge in [-0.2, -0.15) is 0 Å². The van der Waals surface area contributed by atoms with Crippen molar-refractivity contribution in [2.45, 2.75) is 32.3 Å². The van der Waals surface area contributed by atoms with Crippen LogP contribution in [0, 0.1) is 12.8 Å². The van der Waals surface area contributed by atoms with E-state index >= 15 is 0 Å². The van der Waals surface area contributed by atoms with Crippen LogP contribution in [-0.2, 0) is 7.05 Å². The third kappa shape index (κ3) is 2.55. The van der Waals surface area contributed by atoms with Crippen molar-refractivity contribution in [2.75, 3.05) is 6.54 Å². The molecule has 1 saturated carbocycles. The van der Waals surface area contributed by atoms with Crippen LogP contribution in [0.1, 0.15) is 34.5 Å². The number of carbonyl (C=O) groups excluding carboxylic acids is 1. The molecule has 1 aliphatic carbocycles. The summed E-state index contributed by atoms with van der Waals surface area (Å²) in [5, 5.41) is 13.2. The molecule has 1 amide bonds. The van der Waals surface area contributed by atoms with Gasteiger partial charge in [-0.3, -0.25) is 9.59 Å². The minimum atomic E-state index is -0.322. The van der Waals surface area contributed by atoms with Crippen molar-refractivity contribution >= 4 is 27.5 Å². The summed E-state index contributed by atoms with van der Waals surface area (Å²) in [6.07, 6.45) is 3.90. The fourth-order valence-corrected chi connectivity index (χ4v) is 4.04. The largest absolute Gasteiger partial charge is 0.393 e.